The highest BCUT2D eigenvalue weighted by Crippen LogP contribution is 2.27. The minimum Gasteiger partial charge on any atom is -0.396 e. The molecule has 1 aromatic carbocycles. The average molecular weight is 293 g/mol. The number of benzene rings is 1. The monoisotopic (exact) mass is 293 g/mol. The van der Waals surface area contributed by atoms with Gasteiger partial charge in [0.25, 0.3) is 5.69 Å². The van der Waals surface area contributed by atoms with Crippen LogP contribution in [0.5, 0.6) is 0 Å². The van der Waals surface area contributed by atoms with Crippen LogP contribution >= 0.6 is 0 Å². The second-order valence-electron chi connectivity index (χ2n) is 5.53. The van der Waals surface area contributed by atoms with Gasteiger partial charge in [0, 0.05) is 44.1 Å². The zero-order valence-electron chi connectivity index (χ0n) is 12.4. The molecule has 0 aliphatic carbocycles. The number of aliphatic hydroxyl groups excluding tert-OH is 1. The van der Waals surface area contributed by atoms with Crippen LogP contribution in [0.2, 0.25) is 0 Å². The van der Waals surface area contributed by atoms with Gasteiger partial charge in [-0.05, 0) is 43.9 Å². The molecule has 2 rings (SSSR count). The molecule has 1 fully saturated rings. The van der Waals surface area contributed by atoms with Gasteiger partial charge in [0.2, 0.25) is 0 Å². The quantitative estimate of drug-likeness (QED) is 0.595. The van der Waals surface area contributed by atoms with Gasteiger partial charge in [0.15, 0.2) is 0 Å². The summed E-state index contributed by atoms with van der Waals surface area (Å²) < 4.78 is 0. The van der Waals surface area contributed by atoms with Crippen molar-refractivity contribution in [2.45, 2.75) is 26.3 Å². The number of anilines is 1. The average Bonchev–Trinajstić information content (AvgIpc) is 2.88. The largest absolute Gasteiger partial charge is 0.396 e. The molecule has 0 spiro atoms. The van der Waals surface area contributed by atoms with Crippen molar-refractivity contribution in [1.82, 2.24) is 4.90 Å². The Morgan fingerprint density at radius 2 is 2.33 bits per heavy atom. The summed E-state index contributed by atoms with van der Waals surface area (Å²) in [6.07, 6.45) is 1.93. The van der Waals surface area contributed by atoms with Crippen molar-refractivity contribution in [1.29, 1.82) is 0 Å². The van der Waals surface area contributed by atoms with Crippen molar-refractivity contribution < 1.29 is 10.0 Å². The van der Waals surface area contributed by atoms with Gasteiger partial charge in [0.05, 0.1) is 4.92 Å². The van der Waals surface area contributed by atoms with Gasteiger partial charge in [-0.3, -0.25) is 15.0 Å². The zero-order valence-corrected chi connectivity index (χ0v) is 12.4. The van der Waals surface area contributed by atoms with Crippen LogP contribution < -0.4 is 5.32 Å². The van der Waals surface area contributed by atoms with Gasteiger partial charge < -0.3 is 10.4 Å². The molecule has 0 bridgehead atoms. The molecule has 1 aliphatic rings. The molecule has 1 atom stereocenters. The van der Waals surface area contributed by atoms with Crippen LogP contribution in [0, 0.1) is 16.0 Å². The molecular weight excluding hydrogens is 270 g/mol. The Morgan fingerprint density at radius 1 is 1.52 bits per heavy atom. The molecule has 0 aromatic heterocycles. The topological polar surface area (TPSA) is 78.6 Å². The number of nitrogens with one attached hydrogen (secondary N) is 1. The Hall–Kier alpha value is -1.66. The molecule has 6 nitrogen and oxygen atoms in total. The van der Waals surface area contributed by atoms with Crippen molar-refractivity contribution in [3.05, 3.63) is 33.9 Å². The predicted molar refractivity (Wildman–Crippen MR) is 82.3 cm³/mol. The minimum atomic E-state index is -0.349. The molecule has 1 saturated heterocycles. The van der Waals surface area contributed by atoms with E-state index < -0.39 is 0 Å². The number of nitro benzene ring substituents is 1. The van der Waals surface area contributed by atoms with Gasteiger partial charge in [0.1, 0.15) is 0 Å². The minimum absolute atomic E-state index is 0.137. The fraction of sp³-hybridized carbons (Fsp3) is 0.600. The van der Waals surface area contributed by atoms with Crippen LogP contribution in [0.15, 0.2) is 18.2 Å². The van der Waals surface area contributed by atoms with Crippen LogP contribution in [0.4, 0.5) is 11.4 Å². The lowest BCUT2D eigenvalue weighted by Gasteiger charge is -2.18. The summed E-state index contributed by atoms with van der Waals surface area (Å²) in [4.78, 5) is 12.9. The molecule has 21 heavy (non-hydrogen) atoms. The van der Waals surface area contributed by atoms with E-state index in [1.807, 2.05) is 6.92 Å². The van der Waals surface area contributed by atoms with Crippen molar-refractivity contribution in [3.8, 4) is 0 Å². The Bertz CT molecular complexity index is 493. The number of likely N-dealkylation sites (tertiary alicyclic amines) is 1. The molecule has 0 amide bonds. The number of hydrogen-bond acceptors (Lipinski definition) is 5. The number of hydrogen-bond donors (Lipinski definition) is 2. The smallest absolute Gasteiger partial charge is 0.269 e. The Kier molecular flexibility index (Phi) is 5.52. The van der Waals surface area contributed by atoms with Crippen molar-refractivity contribution >= 4 is 11.4 Å². The van der Waals surface area contributed by atoms with Crippen molar-refractivity contribution in [2.75, 3.05) is 31.6 Å². The molecule has 6 heteroatoms. The first kappa shape index (κ1) is 15.7. The highest BCUT2D eigenvalue weighted by molar-refractivity contribution is 5.56. The summed E-state index contributed by atoms with van der Waals surface area (Å²) >= 11 is 0. The Labute approximate surface area is 124 Å². The summed E-state index contributed by atoms with van der Waals surface area (Å²) in [5.74, 6) is 0.538. The first-order valence-electron chi connectivity index (χ1n) is 7.48. The number of nitrogens with zero attached hydrogens (tertiary/aromatic N) is 2. The molecule has 1 heterocycles. The molecule has 116 valence electrons. The third-order valence-electron chi connectivity index (χ3n) is 3.97. The fourth-order valence-corrected chi connectivity index (χ4v) is 2.90. The number of aliphatic hydroxyl groups is 1. The van der Waals surface area contributed by atoms with Crippen LogP contribution in [0.25, 0.3) is 0 Å². The molecule has 1 aliphatic heterocycles. The van der Waals surface area contributed by atoms with Crippen molar-refractivity contribution in [2.24, 2.45) is 5.92 Å². The second kappa shape index (κ2) is 7.38. The van der Waals surface area contributed by atoms with E-state index in [4.69, 9.17) is 5.11 Å². The van der Waals surface area contributed by atoms with E-state index in [0.717, 1.165) is 43.7 Å². The molecule has 2 N–H and O–H groups in total. The maximum Gasteiger partial charge on any atom is 0.269 e. The zero-order chi connectivity index (χ0) is 15.2. The Balaban J connectivity index is 2.10. The number of nitro groups is 1. The number of non-ortho nitro benzene ring substituents is 1. The maximum atomic E-state index is 10.9. The summed E-state index contributed by atoms with van der Waals surface area (Å²) in [5, 5.41) is 23.2. The fourth-order valence-electron chi connectivity index (χ4n) is 2.90. The summed E-state index contributed by atoms with van der Waals surface area (Å²) in [5.41, 5.74) is 2.07. The van der Waals surface area contributed by atoms with Crippen LogP contribution in [-0.2, 0) is 6.54 Å². The molecular formula is C15H23N3O3. The van der Waals surface area contributed by atoms with Gasteiger partial charge in [-0.25, -0.2) is 0 Å². The van der Waals surface area contributed by atoms with E-state index in [2.05, 4.69) is 10.2 Å². The van der Waals surface area contributed by atoms with Crippen LogP contribution in [0.1, 0.15) is 25.3 Å². The lowest BCUT2D eigenvalue weighted by atomic mass is 10.1. The SMILES string of the molecule is CCNc1ccc([N+](=O)[O-])cc1CN1CCC(CCO)C1. The molecule has 1 unspecified atom stereocenters. The van der Waals surface area contributed by atoms with E-state index in [-0.39, 0.29) is 17.2 Å². The standard InChI is InChI=1S/C15H23N3O3/c1-2-16-15-4-3-14(18(20)21)9-13(15)11-17-7-5-12(10-17)6-8-19/h3-4,9,12,16,19H,2,5-8,10-11H2,1H3. The normalized spacial score (nSPS) is 18.9. The summed E-state index contributed by atoms with van der Waals surface area (Å²) in [6, 6.07) is 5.00. The van der Waals surface area contributed by atoms with Gasteiger partial charge in [-0.1, -0.05) is 0 Å². The third-order valence-corrected chi connectivity index (χ3v) is 3.97. The summed E-state index contributed by atoms with van der Waals surface area (Å²) in [6.45, 7) is 5.69. The number of rotatable bonds is 7. The highest BCUT2D eigenvalue weighted by Gasteiger charge is 2.23. The first-order chi connectivity index (χ1) is 10.1. The summed E-state index contributed by atoms with van der Waals surface area (Å²) in [7, 11) is 0. The molecule has 1 aromatic rings. The Morgan fingerprint density at radius 3 is 3.00 bits per heavy atom. The van der Waals surface area contributed by atoms with Gasteiger partial charge >= 0.3 is 0 Å². The van der Waals surface area contributed by atoms with E-state index >= 15 is 0 Å². The van der Waals surface area contributed by atoms with E-state index in [9.17, 15) is 10.1 Å². The lowest BCUT2D eigenvalue weighted by molar-refractivity contribution is -0.384. The van der Waals surface area contributed by atoms with E-state index in [1.165, 1.54) is 0 Å². The third kappa shape index (κ3) is 4.15. The highest BCUT2D eigenvalue weighted by atomic mass is 16.6. The lowest BCUT2D eigenvalue weighted by Crippen LogP contribution is -2.21. The first-order valence-corrected chi connectivity index (χ1v) is 7.48. The second-order valence-corrected chi connectivity index (χ2v) is 5.53. The van der Waals surface area contributed by atoms with Crippen molar-refractivity contribution in [3.63, 3.8) is 0 Å². The van der Waals surface area contributed by atoms with Crippen LogP contribution in [0.3, 0.4) is 0 Å². The van der Waals surface area contributed by atoms with Gasteiger partial charge in [-0.15, -0.1) is 0 Å². The van der Waals surface area contributed by atoms with Crippen LogP contribution in [-0.4, -0.2) is 41.2 Å². The maximum absolute atomic E-state index is 10.9. The molecule has 0 radical (unpaired) electrons. The van der Waals surface area contributed by atoms with E-state index in [0.29, 0.717) is 12.5 Å². The predicted octanol–water partition coefficient (Wildman–Crippen LogP) is 2.23. The molecule has 0 saturated carbocycles. The van der Waals surface area contributed by atoms with E-state index in [1.54, 1.807) is 18.2 Å². The van der Waals surface area contributed by atoms with Gasteiger partial charge in [-0.2, -0.15) is 0 Å².